The monoisotopic (exact) mass is 265 g/mol. The number of imidazole rings is 1. The zero-order valence-corrected chi connectivity index (χ0v) is 10.8. The number of rotatable bonds is 1. The lowest BCUT2D eigenvalue weighted by atomic mass is 10.2. The predicted molar refractivity (Wildman–Crippen MR) is 69.0 cm³/mol. The Hall–Kier alpha value is -1.39. The SMILES string of the molecule is CN1CCn2c(cnc2-c2ccc(Cl)cc2F)C1. The van der Waals surface area contributed by atoms with Crippen LogP contribution in [0, 0.1) is 5.82 Å². The maximum atomic E-state index is 13.9. The number of hydrogen-bond acceptors (Lipinski definition) is 2. The average Bonchev–Trinajstić information content (AvgIpc) is 2.72. The summed E-state index contributed by atoms with van der Waals surface area (Å²) in [7, 11) is 2.07. The fraction of sp³-hybridized carbons (Fsp3) is 0.308. The van der Waals surface area contributed by atoms with Crippen molar-refractivity contribution in [1.82, 2.24) is 14.5 Å². The molecule has 0 atom stereocenters. The molecule has 0 N–H and O–H groups in total. The van der Waals surface area contributed by atoms with E-state index >= 15 is 0 Å². The Morgan fingerprint density at radius 1 is 1.33 bits per heavy atom. The molecule has 0 radical (unpaired) electrons. The van der Waals surface area contributed by atoms with E-state index in [2.05, 4.69) is 21.5 Å². The zero-order chi connectivity index (χ0) is 12.7. The third-order valence-electron chi connectivity index (χ3n) is 3.25. The summed E-state index contributed by atoms with van der Waals surface area (Å²) >= 11 is 5.77. The molecular weight excluding hydrogens is 253 g/mol. The van der Waals surface area contributed by atoms with Gasteiger partial charge in [-0.05, 0) is 25.2 Å². The molecule has 0 aliphatic carbocycles. The molecule has 3 rings (SSSR count). The highest BCUT2D eigenvalue weighted by molar-refractivity contribution is 6.30. The molecule has 0 amide bonds. The summed E-state index contributed by atoms with van der Waals surface area (Å²) in [6.45, 7) is 2.64. The molecule has 1 aromatic heterocycles. The van der Waals surface area contributed by atoms with Crippen LogP contribution in [-0.2, 0) is 13.1 Å². The first-order valence-electron chi connectivity index (χ1n) is 5.83. The minimum absolute atomic E-state index is 0.324. The fourth-order valence-corrected chi connectivity index (χ4v) is 2.46. The van der Waals surface area contributed by atoms with Crippen LogP contribution < -0.4 is 0 Å². The van der Waals surface area contributed by atoms with E-state index in [9.17, 15) is 4.39 Å². The van der Waals surface area contributed by atoms with Gasteiger partial charge < -0.3 is 4.57 Å². The molecule has 0 unspecified atom stereocenters. The third kappa shape index (κ3) is 1.91. The van der Waals surface area contributed by atoms with Crippen LogP contribution in [-0.4, -0.2) is 28.0 Å². The first-order valence-corrected chi connectivity index (χ1v) is 6.21. The van der Waals surface area contributed by atoms with Gasteiger partial charge in [0.05, 0.1) is 17.5 Å². The average molecular weight is 266 g/mol. The van der Waals surface area contributed by atoms with Crippen LogP contribution in [0.3, 0.4) is 0 Å². The van der Waals surface area contributed by atoms with E-state index in [-0.39, 0.29) is 5.82 Å². The molecule has 18 heavy (non-hydrogen) atoms. The van der Waals surface area contributed by atoms with Crippen LogP contribution in [0.5, 0.6) is 0 Å². The molecular formula is C13H13ClFN3. The van der Waals surface area contributed by atoms with Gasteiger partial charge in [-0.1, -0.05) is 11.6 Å². The fourth-order valence-electron chi connectivity index (χ4n) is 2.30. The number of aromatic nitrogens is 2. The van der Waals surface area contributed by atoms with Gasteiger partial charge >= 0.3 is 0 Å². The third-order valence-corrected chi connectivity index (χ3v) is 3.48. The Kier molecular flexibility index (Phi) is 2.84. The summed E-state index contributed by atoms with van der Waals surface area (Å²) in [4.78, 5) is 6.57. The maximum absolute atomic E-state index is 13.9. The topological polar surface area (TPSA) is 21.1 Å². The lowest BCUT2D eigenvalue weighted by Crippen LogP contribution is -2.30. The molecule has 3 nitrogen and oxygen atoms in total. The molecule has 0 bridgehead atoms. The van der Waals surface area contributed by atoms with E-state index in [1.807, 2.05) is 6.20 Å². The van der Waals surface area contributed by atoms with Gasteiger partial charge in [0, 0.05) is 24.7 Å². The predicted octanol–water partition coefficient (Wildman–Crippen LogP) is 2.79. The molecule has 2 heterocycles. The van der Waals surface area contributed by atoms with Crippen LogP contribution in [0.25, 0.3) is 11.4 Å². The van der Waals surface area contributed by atoms with Crippen LogP contribution in [0.4, 0.5) is 4.39 Å². The van der Waals surface area contributed by atoms with Gasteiger partial charge in [-0.3, -0.25) is 4.90 Å². The van der Waals surface area contributed by atoms with Gasteiger partial charge in [-0.15, -0.1) is 0 Å². The van der Waals surface area contributed by atoms with Crippen molar-refractivity contribution in [3.05, 3.63) is 40.9 Å². The van der Waals surface area contributed by atoms with Gasteiger partial charge in [0.25, 0.3) is 0 Å². The van der Waals surface area contributed by atoms with Crippen LogP contribution >= 0.6 is 11.6 Å². The van der Waals surface area contributed by atoms with Crippen molar-refractivity contribution < 1.29 is 4.39 Å². The normalized spacial score (nSPS) is 15.7. The van der Waals surface area contributed by atoms with E-state index < -0.39 is 0 Å². The molecule has 1 aromatic carbocycles. The summed E-state index contributed by atoms with van der Waals surface area (Å²) in [5.74, 6) is 0.363. The molecule has 1 aliphatic heterocycles. The highest BCUT2D eigenvalue weighted by Crippen LogP contribution is 2.26. The van der Waals surface area contributed by atoms with Crippen LogP contribution in [0.1, 0.15) is 5.69 Å². The second-order valence-electron chi connectivity index (χ2n) is 4.59. The van der Waals surface area contributed by atoms with Crippen molar-refractivity contribution >= 4 is 11.6 Å². The molecule has 94 valence electrons. The van der Waals surface area contributed by atoms with Crippen molar-refractivity contribution in [2.45, 2.75) is 13.1 Å². The van der Waals surface area contributed by atoms with E-state index in [1.54, 1.807) is 12.1 Å². The molecule has 1 aliphatic rings. The van der Waals surface area contributed by atoms with Crippen molar-refractivity contribution in [3.8, 4) is 11.4 Å². The van der Waals surface area contributed by atoms with Crippen molar-refractivity contribution in [1.29, 1.82) is 0 Å². The Labute approximate surface area is 110 Å². The molecule has 0 fully saturated rings. The van der Waals surface area contributed by atoms with E-state index in [0.717, 1.165) is 25.3 Å². The Balaban J connectivity index is 2.08. The lowest BCUT2D eigenvalue weighted by molar-refractivity contribution is 0.271. The quantitative estimate of drug-likeness (QED) is 0.791. The molecule has 0 saturated heterocycles. The summed E-state index contributed by atoms with van der Waals surface area (Å²) in [5, 5.41) is 0.404. The Morgan fingerprint density at radius 2 is 2.17 bits per heavy atom. The Morgan fingerprint density at radius 3 is 2.94 bits per heavy atom. The Bertz CT molecular complexity index is 594. The smallest absolute Gasteiger partial charge is 0.143 e. The van der Waals surface area contributed by atoms with Gasteiger partial charge in [0.15, 0.2) is 0 Å². The number of benzene rings is 1. The number of halogens is 2. The number of likely N-dealkylation sites (N-methyl/N-ethyl adjacent to an activating group) is 1. The van der Waals surface area contributed by atoms with Crippen molar-refractivity contribution in [3.63, 3.8) is 0 Å². The minimum atomic E-state index is -0.324. The first kappa shape index (κ1) is 11.7. The largest absolute Gasteiger partial charge is 0.325 e. The summed E-state index contributed by atoms with van der Waals surface area (Å²) in [6.07, 6.45) is 1.82. The van der Waals surface area contributed by atoms with Gasteiger partial charge in [-0.25, -0.2) is 9.37 Å². The van der Waals surface area contributed by atoms with Gasteiger partial charge in [0.1, 0.15) is 11.6 Å². The van der Waals surface area contributed by atoms with E-state index in [4.69, 9.17) is 11.6 Å². The van der Waals surface area contributed by atoms with Crippen molar-refractivity contribution in [2.24, 2.45) is 0 Å². The molecule has 0 spiro atoms. The lowest BCUT2D eigenvalue weighted by Gasteiger charge is -2.25. The maximum Gasteiger partial charge on any atom is 0.143 e. The number of fused-ring (bicyclic) bond motifs is 1. The second-order valence-corrected chi connectivity index (χ2v) is 5.02. The molecule has 2 aromatic rings. The van der Waals surface area contributed by atoms with E-state index in [0.29, 0.717) is 16.4 Å². The van der Waals surface area contributed by atoms with Gasteiger partial charge in [0.2, 0.25) is 0 Å². The summed E-state index contributed by atoms with van der Waals surface area (Å²) < 4.78 is 16.0. The minimum Gasteiger partial charge on any atom is -0.325 e. The standard InChI is InChI=1S/C13H13ClFN3/c1-17-4-5-18-10(8-17)7-16-13(18)11-3-2-9(14)6-12(11)15/h2-3,6-7H,4-5,8H2,1H3. The van der Waals surface area contributed by atoms with Gasteiger partial charge in [-0.2, -0.15) is 0 Å². The van der Waals surface area contributed by atoms with Crippen LogP contribution in [0.15, 0.2) is 24.4 Å². The number of nitrogens with zero attached hydrogens (tertiary/aromatic N) is 3. The summed E-state index contributed by atoms with van der Waals surface area (Å²) in [6, 6.07) is 4.70. The first-order chi connectivity index (χ1) is 8.65. The second kappa shape index (κ2) is 4.37. The zero-order valence-electron chi connectivity index (χ0n) is 10.0. The number of hydrogen-bond donors (Lipinski definition) is 0. The highest BCUT2D eigenvalue weighted by Gasteiger charge is 2.19. The molecule has 5 heteroatoms. The van der Waals surface area contributed by atoms with E-state index in [1.165, 1.54) is 6.07 Å². The van der Waals surface area contributed by atoms with Crippen LogP contribution in [0.2, 0.25) is 5.02 Å². The highest BCUT2D eigenvalue weighted by atomic mass is 35.5. The summed E-state index contributed by atoms with van der Waals surface area (Å²) in [5.41, 5.74) is 1.63. The molecule has 0 saturated carbocycles. The van der Waals surface area contributed by atoms with Crippen molar-refractivity contribution in [2.75, 3.05) is 13.6 Å².